The minimum atomic E-state index is -0.911. The zero-order valence-corrected chi connectivity index (χ0v) is 44.7. The lowest BCUT2D eigenvalue weighted by molar-refractivity contribution is -0.371. The van der Waals surface area contributed by atoms with Crippen molar-refractivity contribution in [3.8, 4) is 0 Å². The van der Waals surface area contributed by atoms with Gasteiger partial charge in [0.25, 0.3) is 0 Å². The third kappa shape index (κ3) is 8.56. The zero-order chi connectivity index (χ0) is 51.7. The van der Waals surface area contributed by atoms with Crippen LogP contribution in [0.5, 0.6) is 0 Å². The number of ether oxygens (including phenoxy) is 15. The third-order valence-corrected chi connectivity index (χ3v) is 21.4. The Hall–Kier alpha value is -1.69. The smallest absolute Gasteiger partial charge is 0.308 e. The summed E-state index contributed by atoms with van der Waals surface area (Å²) < 4.78 is 103. The molecule has 0 aliphatic carbocycles. The van der Waals surface area contributed by atoms with E-state index in [1.807, 2.05) is 0 Å². The zero-order valence-electron chi connectivity index (χ0n) is 44.7. The van der Waals surface area contributed by atoms with Crippen LogP contribution in [0, 0.1) is 23.7 Å². The summed E-state index contributed by atoms with van der Waals surface area (Å²) in [5, 5.41) is 20.6. The first kappa shape index (κ1) is 51.2. The Bertz CT molecular complexity index is 2270. The van der Waals surface area contributed by atoms with Gasteiger partial charge in [-0.3, -0.25) is 4.79 Å². The molecule has 3 spiro atoms. The van der Waals surface area contributed by atoms with Gasteiger partial charge in [-0.2, -0.15) is 0 Å². The van der Waals surface area contributed by atoms with E-state index in [1.165, 1.54) is 0 Å². The van der Waals surface area contributed by atoms with Crippen molar-refractivity contribution < 1.29 is 86.1 Å². The van der Waals surface area contributed by atoms with Crippen molar-refractivity contribution in [3.63, 3.8) is 0 Å². The lowest BCUT2D eigenvalue weighted by Crippen LogP contribution is -2.62. The van der Waals surface area contributed by atoms with Crippen LogP contribution >= 0.6 is 0 Å². The summed E-state index contributed by atoms with van der Waals surface area (Å²) in [4.78, 5) is 14.5. The molecule has 0 aromatic carbocycles. The number of fused-ring (bicyclic) bond motifs is 10. The van der Waals surface area contributed by atoms with E-state index in [9.17, 15) is 15.0 Å². The predicted octanol–water partition coefficient (Wildman–Crippen LogP) is 5.17. The Morgan fingerprint density at radius 1 is 0.487 bits per heavy atom. The summed E-state index contributed by atoms with van der Waals surface area (Å²) in [7, 11) is 0. The van der Waals surface area contributed by atoms with Gasteiger partial charge in [0, 0.05) is 63.7 Å². The van der Waals surface area contributed by atoms with Gasteiger partial charge in [0.05, 0.1) is 117 Å². The largest absolute Gasteiger partial charge is 0.459 e. The normalized spacial score (nSPS) is 59.3. The highest BCUT2D eigenvalue weighted by Gasteiger charge is 2.70. The van der Waals surface area contributed by atoms with Crippen LogP contribution in [0.1, 0.15) is 137 Å². The number of rotatable bonds is 1. The van der Waals surface area contributed by atoms with E-state index in [0.717, 1.165) is 49.7 Å². The van der Waals surface area contributed by atoms with Crippen molar-refractivity contribution in [2.75, 3.05) is 6.61 Å². The molecule has 18 nitrogen and oxygen atoms in total. The Morgan fingerprint density at radius 2 is 1.16 bits per heavy atom. The number of carbonyl (C=O) groups is 1. The van der Waals surface area contributed by atoms with Crippen molar-refractivity contribution in [2.24, 2.45) is 23.7 Å². The van der Waals surface area contributed by atoms with Crippen molar-refractivity contribution in [2.45, 2.75) is 301 Å². The monoisotopic (exact) mass is 1070 g/mol. The van der Waals surface area contributed by atoms with E-state index in [1.54, 1.807) is 0 Å². The maximum absolute atomic E-state index is 14.5. The summed E-state index contributed by atoms with van der Waals surface area (Å²) in [5.41, 5.74) is 2.16. The van der Waals surface area contributed by atoms with E-state index >= 15 is 0 Å². The fourth-order valence-electron chi connectivity index (χ4n) is 17.8. The second kappa shape index (κ2) is 18.9. The molecule has 18 heteroatoms. The molecule has 0 aromatic heterocycles. The van der Waals surface area contributed by atoms with Gasteiger partial charge in [0.1, 0.15) is 42.7 Å². The lowest BCUT2D eigenvalue weighted by Gasteiger charge is -2.54. The molecule has 422 valence electrons. The molecule has 12 bridgehead atoms. The fourth-order valence-corrected chi connectivity index (χ4v) is 17.8. The van der Waals surface area contributed by atoms with Gasteiger partial charge in [0.2, 0.25) is 0 Å². The maximum atomic E-state index is 14.5. The molecule has 0 radical (unpaired) electrons. The molecular weight excluding hydrogens is 985 g/mol. The van der Waals surface area contributed by atoms with E-state index in [-0.39, 0.29) is 146 Å². The average Bonchev–Trinajstić information content (AvgIpc) is 4.36. The van der Waals surface area contributed by atoms with Crippen LogP contribution in [0.4, 0.5) is 0 Å². The predicted molar refractivity (Wildman–Crippen MR) is 263 cm³/mol. The number of carbonyl (C=O) groups excluding carboxylic acids is 1. The summed E-state index contributed by atoms with van der Waals surface area (Å²) in [6, 6.07) is 0. The highest BCUT2D eigenvalue weighted by atomic mass is 16.8. The molecule has 16 rings (SSSR count). The number of esters is 1. The fraction of sp³-hybridized carbons (Fsp3) is 0.914. The molecule has 16 heterocycles. The van der Waals surface area contributed by atoms with Crippen molar-refractivity contribution in [1.29, 1.82) is 0 Å². The molecule has 0 amide bonds. The topological polar surface area (TPSA) is 196 Å². The van der Waals surface area contributed by atoms with Gasteiger partial charge in [0.15, 0.2) is 17.4 Å². The van der Waals surface area contributed by atoms with Crippen LogP contribution in [0.25, 0.3) is 0 Å². The third-order valence-electron chi connectivity index (χ3n) is 21.4. The Kier molecular flexibility index (Phi) is 12.8. The molecule has 16 aliphatic heterocycles. The van der Waals surface area contributed by atoms with E-state index in [4.69, 9.17) is 71.1 Å². The first-order chi connectivity index (χ1) is 36.6. The first-order valence-electron chi connectivity index (χ1n) is 29.7. The highest BCUT2D eigenvalue weighted by Crippen LogP contribution is 2.58. The quantitative estimate of drug-likeness (QED) is 0.258. The van der Waals surface area contributed by atoms with Crippen LogP contribution in [0.3, 0.4) is 0 Å². The SMILES string of the molecule is C=C1C[C@@H]2CC[C@@]34C[C@H]5O[C@H]6[C@@H](O3)[C@H]3O[C@H](CC[C@@H]3O[C@H]6[C@H]5O4)CC(=O)O[C@@H]3[C@@H](C)[C@@H]4O[C@@H]5C[C@]6(C[C@@H]7O[C@]8(C[C@H](C)[C@@H]9O[C@H](CO)[C@H](O)C[C@@H]9O8)C[C@H](C)[C@@H]7O6)O[C@@H]5C[C@@H]4O[C@H]3C[C@H]3O[C@@H](CC[C@@H]1O2)C[C@@H](C)C3=C. The first-order valence-corrected chi connectivity index (χ1v) is 29.7. The Labute approximate surface area is 446 Å². The van der Waals surface area contributed by atoms with Crippen LogP contribution in [-0.4, -0.2) is 187 Å². The molecule has 76 heavy (non-hydrogen) atoms. The molecule has 0 aromatic rings. The van der Waals surface area contributed by atoms with Gasteiger partial charge in [-0.1, -0.05) is 40.9 Å². The van der Waals surface area contributed by atoms with E-state index < -0.39 is 60.1 Å². The van der Waals surface area contributed by atoms with Gasteiger partial charge in [-0.15, -0.1) is 0 Å². The number of hydrogen-bond donors (Lipinski definition) is 2. The second-order valence-electron chi connectivity index (χ2n) is 26.7. The van der Waals surface area contributed by atoms with E-state index in [2.05, 4.69) is 40.9 Å². The maximum Gasteiger partial charge on any atom is 0.308 e. The molecule has 0 unspecified atom stereocenters. The second-order valence-corrected chi connectivity index (χ2v) is 26.7. The Morgan fingerprint density at radius 3 is 2.01 bits per heavy atom. The average molecular weight is 1070 g/mol. The van der Waals surface area contributed by atoms with Crippen molar-refractivity contribution in [1.82, 2.24) is 0 Å². The molecule has 2 N–H and O–H groups in total. The minimum Gasteiger partial charge on any atom is -0.459 e. The van der Waals surface area contributed by atoms with Gasteiger partial charge >= 0.3 is 5.97 Å². The molecule has 16 aliphatic rings. The van der Waals surface area contributed by atoms with E-state index in [0.29, 0.717) is 64.2 Å². The molecular formula is C58H82O18. The van der Waals surface area contributed by atoms with Crippen molar-refractivity contribution in [3.05, 3.63) is 24.3 Å². The van der Waals surface area contributed by atoms with Crippen LogP contribution in [0.2, 0.25) is 0 Å². The number of aliphatic hydroxyl groups is 2. The molecule has 0 saturated carbocycles. The summed E-state index contributed by atoms with van der Waals surface area (Å²) in [6.07, 6.45) is 3.22. The lowest BCUT2D eigenvalue weighted by atomic mass is 9.78. The summed E-state index contributed by atoms with van der Waals surface area (Å²) in [6.45, 7) is 17.6. The van der Waals surface area contributed by atoms with Gasteiger partial charge in [-0.05, 0) is 73.8 Å². The summed E-state index contributed by atoms with van der Waals surface area (Å²) in [5.74, 6) is -2.71. The van der Waals surface area contributed by atoms with Gasteiger partial charge in [-0.25, -0.2) is 0 Å². The Balaban J connectivity index is 0.669. The number of hydrogen-bond acceptors (Lipinski definition) is 18. The van der Waals surface area contributed by atoms with Crippen LogP contribution in [-0.2, 0) is 75.8 Å². The molecule has 31 atom stereocenters. The van der Waals surface area contributed by atoms with Gasteiger partial charge < -0.3 is 81.3 Å². The molecule has 16 fully saturated rings. The van der Waals surface area contributed by atoms with Crippen LogP contribution < -0.4 is 0 Å². The van der Waals surface area contributed by atoms with Crippen molar-refractivity contribution >= 4 is 5.97 Å². The van der Waals surface area contributed by atoms with Crippen LogP contribution in [0.15, 0.2) is 24.3 Å². The highest BCUT2D eigenvalue weighted by molar-refractivity contribution is 5.70. The standard InChI is InChI=1S/C58H82O18/c1-25-13-31-7-9-35-26(2)14-33(62-35)11-12-56-22-43-52(75-56)53-54(68-43)55(76-56)51-36(66-53)10-8-32(64-51)15-46(61)70-50-30(6)49-40(65-39(50)17-37(63-31)29(25)5)18-38-42(67-49)21-58(71-38)23-44-48(74-58)28(4)20-57(73-44)19-27(3)47-41(72-57)16-34(60)45(24-59)69-47/h25,27-28,30-45,47-55,59-60H,2,5,7-24H2,1,3-4,6H3/t25-,27+,28+,30+,31+,32-,33+,34-,35+,36+,37-,38-,39+,40+,41+,42-,43-,44+,45-,47+,48+,49+,50-,51+,52+,53+,54-,55+,56+,57-,58+/m1/s1. The summed E-state index contributed by atoms with van der Waals surface area (Å²) >= 11 is 0. The number of aliphatic hydroxyl groups excluding tert-OH is 2. The molecule has 16 saturated heterocycles. The minimum absolute atomic E-state index is 0.0127.